The van der Waals surface area contributed by atoms with E-state index < -0.39 is 0 Å². The van der Waals surface area contributed by atoms with E-state index in [0.717, 1.165) is 11.5 Å². The van der Waals surface area contributed by atoms with Crippen LogP contribution in [0.2, 0.25) is 0 Å². The van der Waals surface area contributed by atoms with Crippen molar-refractivity contribution in [3.8, 4) is 11.5 Å². The fraction of sp³-hybridized carbons (Fsp3) is 0.182. The summed E-state index contributed by atoms with van der Waals surface area (Å²) in [6, 6.07) is 24.6. The molecule has 1 heteroatoms. The molecule has 0 heterocycles. The normalized spacial score (nSPS) is 9.74. The highest BCUT2D eigenvalue weighted by atomic mass is 16.5. The second-order valence-corrected chi connectivity index (χ2v) is 5.89. The van der Waals surface area contributed by atoms with Crippen LogP contribution in [-0.4, -0.2) is 0 Å². The van der Waals surface area contributed by atoms with E-state index in [1.54, 1.807) is 0 Å². The van der Waals surface area contributed by atoms with Crippen LogP contribution in [0, 0.1) is 27.7 Å². The summed E-state index contributed by atoms with van der Waals surface area (Å²) in [6.45, 7) is 8.32. The highest BCUT2D eigenvalue weighted by molar-refractivity contribution is 5.34. The molecule has 0 aliphatic rings. The molecular formula is C22H24O. The van der Waals surface area contributed by atoms with Gasteiger partial charge in [0.25, 0.3) is 0 Å². The number of benzene rings is 3. The quantitative estimate of drug-likeness (QED) is 0.532. The van der Waals surface area contributed by atoms with E-state index in [9.17, 15) is 0 Å². The Labute approximate surface area is 139 Å². The molecule has 1 nitrogen and oxygen atoms in total. The Balaban J connectivity index is 0.000000203. The highest BCUT2D eigenvalue weighted by Crippen LogP contribution is 2.22. The zero-order valence-corrected chi connectivity index (χ0v) is 14.3. The maximum atomic E-state index is 5.71. The molecule has 3 rings (SSSR count). The molecule has 0 N–H and O–H groups in total. The first kappa shape index (κ1) is 16.8. The van der Waals surface area contributed by atoms with Crippen molar-refractivity contribution >= 4 is 0 Å². The smallest absolute Gasteiger partial charge is 0.127 e. The third kappa shape index (κ3) is 5.99. The van der Waals surface area contributed by atoms with Gasteiger partial charge in [0.05, 0.1) is 0 Å². The van der Waals surface area contributed by atoms with Crippen LogP contribution in [0.1, 0.15) is 22.3 Å². The van der Waals surface area contributed by atoms with Crippen molar-refractivity contribution in [1.29, 1.82) is 0 Å². The molecule has 0 atom stereocenters. The summed E-state index contributed by atoms with van der Waals surface area (Å²) in [5.74, 6) is 1.77. The van der Waals surface area contributed by atoms with Crippen LogP contribution in [0.5, 0.6) is 11.5 Å². The van der Waals surface area contributed by atoms with Gasteiger partial charge in [0.1, 0.15) is 11.5 Å². The number of hydrogen-bond donors (Lipinski definition) is 0. The molecule has 0 aliphatic heterocycles. The van der Waals surface area contributed by atoms with Gasteiger partial charge in [0.15, 0.2) is 0 Å². The lowest BCUT2D eigenvalue weighted by atomic mass is 10.2. The van der Waals surface area contributed by atoms with Gasteiger partial charge in [-0.2, -0.15) is 0 Å². The lowest BCUT2D eigenvalue weighted by molar-refractivity contribution is 0.482. The molecule has 118 valence electrons. The average Bonchev–Trinajstić information content (AvgIpc) is 2.53. The van der Waals surface area contributed by atoms with Gasteiger partial charge in [-0.3, -0.25) is 0 Å². The topological polar surface area (TPSA) is 9.23 Å². The van der Waals surface area contributed by atoms with E-state index in [0.29, 0.717) is 0 Å². The average molecular weight is 304 g/mol. The van der Waals surface area contributed by atoms with Gasteiger partial charge < -0.3 is 4.74 Å². The van der Waals surface area contributed by atoms with Crippen LogP contribution in [0.3, 0.4) is 0 Å². The third-order valence-corrected chi connectivity index (χ3v) is 3.46. The first-order chi connectivity index (χ1) is 11.0. The number of rotatable bonds is 2. The second kappa shape index (κ2) is 8.19. The molecule has 0 unspecified atom stereocenters. The molecule has 0 saturated heterocycles. The zero-order chi connectivity index (χ0) is 16.7. The zero-order valence-electron chi connectivity index (χ0n) is 14.3. The van der Waals surface area contributed by atoms with Crippen molar-refractivity contribution < 1.29 is 4.74 Å². The Morgan fingerprint density at radius 3 is 1.43 bits per heavy atom. The van der Waals surface area contributed by atoms with Gasteiger partial charge in [0, 0.05) is 0 Å². The van der Waals surface area contributed by atoms with Gasteiger partial charge in [-0.05, 0) is 57.5 Å². The van der Waals surface area contributed by atoms with E-state index in [1.165, 1.54) is 22.3 Å². The lowest BCUT2D eigenvalue weighted by Gasteiger charge is -2.06. The number of aryl methyl sites for hydroxylation is 4. The predicted octanol–water partition coefficient (Wildman–Crippen LogP) is 6.40. The SMILES string of the molecule is Cc1ccc(C)cc1.Cc1ccc(Oc2cccc(C)c2)cc1. The van der Waals surface area contributed by atoms with Crippen molar-refractivity contribution in [3.63, 3.8) is 0 Å². The van der Waals surface area contributed by atoms with Crippen LogP contribution in [-0.2, 0) is 0 Å². The Kier molecular flexibility index (Phi) is 5.99. The Morgan fingerprint density at radius 2 is 0.957 bits per heavy atom. The molecule has 0 radical (unpaired) electrons. The Bertz CT molecular complexity index is 704. The van der Waals surface area contributed by atoms with Crippen molar-refractivity contribution in [2.24, 2.45) is 0 Å². The molecule has 3 aromatic rings. The maximum absolute atomic E-state index is 5.71. The van der Waals surface area contributed by atoms with E-state index in [2.05, 4.69) is 58.0 Å². The van der Waals surface area contributed by atoms with Gasteiger partial charge in [-0.1, -0.05) is 65.2 Å². The summed E-state index contributed by atoms with van der Waals surface area (Å²) in [5.41, 5.74) is 5.11. The summed E-state index contributed by atoms with van der Waals surface area (Å²) >= 11 is 0. The molecule has 0 saturated carbocycles. The lowest BCUT2D eigenvalue weighted by Crippen LogP contribution is -1.84. The minimum Gasteiger partial charge on any atom is -0.457 e. The summed E-state index contributed by atoms with van der Waals surface area (Å²) in [6.07, 6.45) is 0. The van der Waals surface area contributed by atoms with Crippen LogP contribution < -0.4 is 4.74 Å². The predicted molar refractivity (Wildman–Crippen MR) is 98.3 cm³/mol. The fourth-order valence-corrected chi connectivity index (χ4v) is 2.06. The van der Waals surface area contributed by atoms with Crippen molar-refractivity contribution in [2.45, 2.75) is 27.7 Å². The molecule has 0 bridgehead atoms. The summed E-state index contributed by atoms with van der Waals surface area (Å²) in [4.78, 5) is 0. The van der Waals surface area contributed by atoms with Crippen molar-refractivity contribution in [3.05, 3.63) is 95.1 Å². The standard InChI is InChI=1S/C14H14O.C8H10/c1-11-6-8-13(9-7-11)15-14-5-3-4-12(2)10-14;1-7-3-5-8(2)6-4-7/h3-10H,1-2H3;3-6H,1-2H3. The molecule has 0 aromatic heterocycles. The third-order valence-electron chi connectivity index (χ3n) is 3.46. The molecule has 0 spiro atoms. The van der Waals surface area contributed by atoms with Gasteiger partial charge in [0.2, 0.25) is 0 Å². The van der Waals surface area contributed by atoms with Crippen LogP contribution >= 0.6 is 0 Å². The molecule has 23 heavy (non-hydrogen) atoms. The molecule has 0 amide bonds. The molecular weight excluding hydrogens is 280 g/mol. The van der Waals surface area contributed by atoms with Gasteiger partial charge in [-0.25, -0.2) is 0 Å². The maximum Gasteiger partial charge on any atom is 0.127 e. The number of hydrogen-bond acceptors (Lipinski definition) is 1. The first-order valence-corrected chi connectivity index (χ1v) is 7.87. The van der Waals surface area contributed by atoms with E-state index in [-0.39, 0.29) is 0 Å². The van der Waals surface area contributed by atoms with E-state index >= 15 is 0 Å². The molecule has 0 fully saturated rings. The van der Waals surface area contributed by atoms with Crippen molar-refractivity contribution in [1.82, 2.24) is 0 Å². The molecule has 0 aliphatic carbocycles. The monoisotopic (exact) mass is 304 g/mol. The second-order valence-electron chi connectivity index (χ2n) is 5.89. The fourth-order valence-electron chi connectivity index (χ4n) is 2.06. The van der Waals surface area contributed by atoms with E-state index in [4.69, 9.17) is 4.74 Å². The van der Waals surface area contributed by atoms with Gasteiger partial charge >= 0.3 is 0 Å². The largest absolute Gasteiger partial charge is 0.457 e. The first-order valence-electron chi connectivity index (χ1n) is 7.87. The van der Waals surface area contributed by atoms with E-state index in [1.807, 2.05) is 42.5 Å². The Hall–Kier alpha value is -2.54. The van der Waals surface area contributed by atoms with Gasteiger partial charge in [-0.15, -0.1) is 0 Å². The Morgan fingerprint density at radius 1 is 0.478 bits per heavy atom. The minimum atomic E-state index is 0.881. The van der Waals surface area contributed by atoms with Crippen LogP contribution in [0.4, 0.5) is 0 Å². The summed E-state index contributed by atoms with van der Waals surface area (Å²) in [5, 5.41) is 0. The summed E-state index contributed by atoms with van der Waals surface area (Å²) < 4.78 is 5.71. The van der Waals surface area contributed by atoms with Crippen molar-refractivity contribution in [2.75, 3.05) is 0 Å². The highest BCUT2D eigenvalue weighted by Gasteiger charge is 1.96. The van der Waals surface area contributed by atoms with Crippen LogP contribution in [0.25, 0.3) is 0 Å². The summed E-state index contributed by atoms with van der Waals surface area (Å²) in [7, 11) is 0. The minimum absolute atomic E-state index is 0.881. The van der Waals surface area contributed by atoms with Crippen LogP contribution in [0.15, 0.2) is 72.8 Å². The number of ether oxygens (including phenoxy) is 1. The molecule has 3 aromatic carbocycles.